The molecule has 2 rings (SSSR count). The molecule has 1 unspecified atom stereocenters. The highest BCUT2D eigenvalue weighted by Gasteiger charge is 2.34. The van der Waals surface area contributed by atoms with Crippen molar-refractivity contribution < 1.29 is 9.59 Å². The molecule has 1 saturated carbocycles. The quantitative estimate of drug-likeness (QED) is 0.767. The van der Waals surface area contributed by atoms with Crippen LogP contribution in [-0.4, -0.2) is 41.9 Å². The molecule has 1 saturated heterocycles. The first-order valence-corrected chi connectivity index (χ1v) is 7.40. The Kier molecular flexibility index (Phi) is 4.80. The van der Waals surface area contributed by atoms with E-state index in [0.29, 0.717) is 18.2 Å². The highest BCUT2D eigenvalue weighted by atomic mass is 16.2. The molecule has 3 N–H and O–H groups in total. The molecule has 2 fully saturated rings. The van der Waals surface area contributed by atoms with Crippen molar-refractivity contribution in [3.63, 3.8) is 0 Å². The molecule has 2 amide bonds. The molecule has 0 aromatic rings. The third-order valence-electron chi connectivity index (χ3n) is 3.93. The Morgan fingerprint density at radius 2 is 1.89 bits per heavy atom. The molecule has 2 aliphatic rings. The number of rotatable bonds is 5. The first-order chi connectivity index (χ1) is 9.06. The van der Waals surface area contributed by atoms with Gasteiger partial charge in [-0.1, -0.05) is 0 Å². The molecule has 0 aromatic carbocycles. The first kappa shape index (κ1) is 14.3. The number of piperidine rings is 1. The molecule has 5 nitrogen and oxygen atoms in total. The van der Waals surface area contributed by atoms with Crippen LogP contribution in [0.25, 0.3) is 0 Å². The predicted molar refractivity (Wildman–Crippen MR) is 73.4 cm³/mol. The smallest absolute Gasteiger partial charge is 0.225 e. The molecule has 1 aliphatic heterocycles. The Balaban J connectivity index is 1.65. The topological polar surface area (TPSA) is 75.4 Å². The van der Waals surface area contributed by atoms with Crippen LogP contribution in [0.5, 0.6) is 0 Å². The van der Waals surface area contributed by atoms with Crippen LogP contribution in [-0.2, 0) is 9.59 Å². The van der Waals surface area contributed by atoms with Gasteiger partial charge in [0.2, 0.25) is 11.8 Å². The van der Waals surface area contributed by atoms with E-state index < -0.39 is 0 Å². The number of nitrogens with two attached hydrogens (primary N) is 1. The van der Waals surface area contributed by atoms with Crippen molar-refractivity contribution in [2.45, 2.75) is 57.5 Å². The van der Waals surface area contributed by atoms with Crippen LogP contribution < -0.4 is 11.1 Å². The maximum Gasteiger partial charge on any atom is 0.225 e. The van der Waals surface area contributed by atoms with E-state index in [0.717, 1.165) is 45.2 Å². The zero-order valence-corrected chi connectivity index (χ0v) is 11.7. The predicted octanol–water partition coefficient (Wildman–Crippen LogP) is 0.631. The van der Waals surface area contributed by atoms with Gasteiger partial charge in [-0.25, -0.2) is 0 Å². The van der Waals surface area contributed by atoms with E-state index in [1.54, 1.807) is 0 Å². The molecule has 1 aliphatic carbocycles. The fourth-order valence-electron chi connectivity index (χ4n) is 2.49. The van der Waals surface area contributed by atoms with Gasteiger partial charge in [-0.3, -0.25) is 9.59 Å². The van der Waals surface area contributed by atoms with Gasteiger partial charge < -0.3 is 16.0 Å². The summed E-state index contributed by atoms with van der Waals surface area (Å²) in [6, 6.07) is 0.299. The van der Waals surface area contributed by atoms with Gasteiger partial charge in [0, 0.05) is 37.5 Å². The lowest BCUT2D eigenvalue weighted by Gasteiger charge is -2.32. The molecule has 0 radical (unpaired) electrons. The van der Waals surface area contributed by atoms with Crippen molar-refractivity contribution in [1.82, 2.24) is 10.2 Å². The zero-order valence-electron chi connectivity index (χ0n) is 11.7. The highest BCUT2D eigenvalue weighted by molar-refractivity contribution is 5.81. The van der Waals surface area contributed by atoms with Crippen molar-refractivity contribution in [2.75, 3.05) is 13.1 Å². The lowest BCUT2D eigenvalue weighted by atomic mass is 10.0. The second-order valence-corrected chi connectivity index (χ2v) is 5.96. The van der Waals surface area contributed by atoms with Gasteiger partial charge in [-0.05, 0) is 39.0 Å². The first-order valence-electron chi connectivity index (χ1n) is 7.40. The van der Waals surface area contributed by atoms with E-state index in [1.807, 2.05) is 11.8 Å². The Morgan fingerprint density at radius 1 is 1.26 bits per heavy atom. The standard InChI is InChI=1S/C14H25N3O2/c1-10(15)2-5-13(18)16-12-6-8-17(9-7-12)14(19)11-3-4-11/h10-12H,2-9,15H2,1H3,(H,16,18). The van der Waals surface area contributed by atoms with Crippen LogP contribution >= 0.6 is 0 Å². The average Bonchev–Trinajstić information content (AvgIpc) is 3.21. The fraction of sp³-hybridized carbons (Fsp3) is 0.857. The molecule has 0 aromatic heterocycles. The van der Waals surface area contributed by atoms with E-state index in [4.69, 9.17) is 5.73 Å². The third kappa shape index (κ3) is 4.49. The number of amides is 2. The van der Waals surface area contributed by atoms with Gasteiger partial charge in [0.1, 0.15) is 0 Å². The number of likely N-dealkylation sites (tertiary alicyclic amines) is 1. The van der Waals surface area contributed by atoms with E-state index in [-0.39, 0.29) is 18.0 Å². The zero-order chi connectivity index (χ0) is 13.8. The summed E-state index contributed by atoms with van der Waals surface area (Å²) >= 11 is 0. The SMILES string of the molecule is CC(N)CCC(=O)NC1CCN(C(=O)C2CC2)CC1. The maximum absolute atomic E-state index is 11.9. The fourth-order valence-corrected chi connectivity index (χ4v) is 2.49. The molecule has 108 valence electrons. The molecular weight excluding hydrogens is 242 g/mol. The van der Waals surface area contributed by atoms with E-state index in [9.17, 15) is 9.59 Å². The lowest BCUT2D eigenvalue weighted by Crippen LogP contribution is -2.47. The lowest BCUT2D eigenvalue weighted by molar-refractivity contribution is -0.133. The molecular formula is C14H25N3O2. The number of nitrogens with zero attached hydrogens (tertiary/aromatic N) is 1. The summed E-state index contributed by atoms with van der Waals surface area (Å²) in [6.45, 7) is 3.48. The van der Waals surface area contributed by atoms with Crippen molar-refractivity contribution in [1.29, 1.82) is 0 Å². The van der Waals surface area contributed by atoms with Gasteiger partial charge in [0.15, 0.2) is 0 Å². The Morgan fingerprint density at radius 3 is 2.42 bits per heavy atom. The van der Waals surface area contributed by atoms with Crippen molar-refractivity contribution >= 4 is 11.8 Å². The summed E-state index contributed by atoms with van der Waals surface area (Å²) in [6.07, 6.45) is 5.11. The Hall–Kier alpha value is -1.10. The Labute approximate surface area is 114 Å². The minimum Gasteiger partial charge on any atom is -0.353 e. The van der Waals surface area contributed by atoms with Gasteiger partial charge in [-0.2, -0.15) is 0 Å². The van der Waals surface area contributed by atoms with Crippen molar-refractivity contribution in [3.05, 3.63) is 0 Å². The normalized spacial score (nSPS) is 22.1. The van der Waals surface area contributed by atoms with E-state index >= 15 is 0 Å². The van der Waals surface area contributed by atoms with Crippen LogP contribution in [0.1, 0.15) is 45.4 Å². The highest BCUT2D eigenvalue weighted by Crippen LogP contribution is 2.31. The summed E-state index contributed by atoms with van der Waals surface area (Å²) < 4.78 is 0. The van der Waals surface area contributed by atoms with Crippen LogP contribution in [0.2, 0.25) is 0 Å². The summed E-state index contributed by atoms with van der Waals surface area (Å²) in [5.74, 6) is 0.711. The number of hydrogen-bond acceptors (Lipinski definition) is 3. The van der Waals surface area contributed by atoms with Crippen LogP contribution in [0.3, 0.4) is 0 Å². The van der Waals surface area contributed by atoms with Gasteiger partial charge >= 0.3 is 0 Å². The maximum atomic E-state index is 11.9. The monoisotopic (exact) mass is 267 g/mol. The number of hydrogen-bond donors (Lipinski definition) is 2. The van der Waals surface area contributed by atoms with Crippen LogP contribution in [0.4, 0.5) is 0 Å². The van der Waals surface area contributed by atoms with Gasteiger partial charge in [-0.15, -0.1) is 0 Å². The average molecular weight is 267 g/mol. The van der Waals surface area contributed by atoms with Crippen LogP contribution in [0, 0.1) is 5.92 Å². The van der Waals surface area contributed by atoms with Crippen molar-refractivity contribution in [2.24, 2.45) is 11.7 Å². The molecule has 19 heavy (non-hydrogen) atoms. The summed E-state index contributed by atoms with van der Waals surface area (Å²) in [4.78, 5) is 25.6. The third-order valence-corrected chi connectivity index (χ3v) is 3.93. The van der Waals surface area contributed by atoms with E-state index in [2.05, 4.69) is 5.32 Å². The molecule has 1 atom stereocenters. The van der Waals surface area contributed by atoms with Crippen molar-refractivity contribution in [3.8, 4) is 0 Å². The molecule has 5 heteroatoms. The number of carbonyl (C=O) groups excluding carboxylic acids is 2. The summed E-state index contributed by atoms with van der Waals surface area (Å²) in [7, 11) is 0. The van der Waals surface area contributed by atoms with Crippen LogP contribution in [0.15, 0.2) is 0 Å². The molecule has 0 spiro atoms. The van der Waals surface area contributed by atoms with Gasteiger partial charge in [0.25, 0.3) is 0 Å². The number of nitrogens with one attached hydrogen (secondary N) is 1. The summed E-state index contributed by atoms with van der Waals surface area (Å²) in [5.41, 5.74) is 5.64. The summed E-state index contributed by atoms with van der Waals surface area (Å²) in [5, 5.41) is 3.05. The molecule has 1 heterocycles. The Bertz CT molecular complexity index is 332. The minimum absolute atomic E-state index is 0.0729. The number of carbonyl (C=O) groups is 2. The second-order valence-electron chi connectivity index (χ2n) is 5.96. The van der Waals surface area contributed by atoms with Gasteiger partial charge in [0.05, 0.1) is 0 Å². The molecule has 0 bridgehead atoms. The second kappa shape index (κ2) is 6.37. The minimum atomic E-state index is 0.0729. The van der Waals surface area contributed by atoms with E-state index in [1.165, 1.54) is 0 Å². The largest absolute Gasteiger partial charge is 0.353 e.